The van der Waals surface area contributed by atoms with E-state index in [1.165, 1.54) is 29.0 Å². The summed E-state index contributed by atoms with van der Waals surface area (Å²) < 4.78 is 5.63. The average Bonchev–Trinajstić information content (AvgIpc) is 3.00. The van der Waals surface area contributed by atoms with Crippen molar-refractivity contribution in [2.24, 2.45) is 0 Å². The lowest BCUT2D eigenvalue weighted by Gasteiger charge is -2.14. The Morgan fingerprint density at radius 1 is 1.63 bits per heavy atom. The summed E-state index contributed by atoms with van der Waals surface area (Å²) in [5.74, 6) is 0.769. The van der Waals surface area contributed by atoms with Crippen LogP contribution in [0.15, 0.2) is 28.9 Å². The lowest BCUT2D eigenvalue weighted by atomic mass is 10.4. The third kappa shape index (κ3) is 3.93. The number of nitrogens with one attached hydrogen (secondary N) is 1. The fraction of sp³-hybridized carbons (Fsp3) is 0.250. The Balaban J connectivity index is 1.72. The largest absolute Gasteiger partial charge is 0.465 e. The van der Waals surface area contributed by atoms with E-state index >= 15 is 0 Å². The Morgan fingerprint density at radius 2 is 2.47 bits per heavy atom. The molecule has 1 fully saturated rings. The molecule has 7 heteroatoms. The van der Waals surface area contributed by atoms with Gasteiger partial charge in [0.05, 0.1) is 12.0 Å². The first-order valence-electron chi connectivity index (χ1n) is 5.63. The Kier molecular flexibility index (Phi) is 4.75. The minimum Gasteiger partial charge on any atom is -0.465 e. The molecule has 0 unspecified atom stereocenters. The van der Waals surface area contributed by atoms with Gasteiger partial charge in [0.15, 0.2) is 0 Å². The first-order chi connectivity index (χ1) is 9.16. The minimum atomic E-state index is -0.235. The zero-order valence-electron chi connectivity index (χ0n) is 10.00. The van der Waals surface area contributed by atoms with Gasteiger partial charge < -0.3 is 9.73 Å². The predicted octanol–water partition coefficient (Wildman–Crippen LogP) is 1.27. The Bertz CT molecular complexity index is 495. The van der Waals surface area contributed by atoms with Gasteiger partial charge in [-0.25, -0.2) is 0 Å². The summed E-state index contributed by atoms with van der Waals surface area (Å²) >= 11 is 6.38. The summed E-state index contributed by atoms with van der Waals surface area (Å²) in [7, 11) is 0. The standard InChI is InChI=1S/C12H12N2O3S2/c15-10(4-3-9-2-1-7-17-9)13-5-6-14-11(16)8-19-12(14)18/h1-4,7H,5-6,8H2,(H,13,15)/b4-3+. The summed E-state index contributed by atoms with van der Waals surface area (Å²) in [6.07, 6.45) is 4.50. The average molecular weight is 296 g/mol. The molecule has 2 rings (SSSR count). The highest BCUT2D eigenvalue weighted by molar-refractivity contribution is 8.23. The highest BCUT2D eigenvalue weighted by Gasteiger charge is 2.25. The van der Waals surface area contributed by atoms with Gasteiger partial charge in [-0.3, -0.25) is 14.5 Å². The molecule has 1 saturated heterocycles. The number of amides is 2. The number of carbonyl (C=O) groups is 2. The van der Waals surface area contributed by atoms with Crippen molar-refractivity contribution in [2.75, 3.05) is 18.8 Å². The quantitative estimate of drug-likeness (QED) is 0.655. The molecule has 0 atom stereocenters. The zero-order chi connectivity index (χ0) is 13.7. The monoisotopic (exact) mass is 296 g/mol. The highest BCUT2D eigenvalue weighted by Crippen LogP contribution is 2.18. The van der Waals surface area contributed by atoms with Crippen LogP contribution in [0.1, 0.15) is 5.76 Å². The molecule has 0 aliphatic carbocycles. The molecule has 0 aromatic carbocycles. The van der Waals surface area contributed by atoms with Crippen LogP contribution < -0.4 is 5.32 Å². The predicted molar refractivity (Wildman–Crippen MR) is 77.5 cm³/mol. The number of thiocarbonyl (C=S) groups is 1. The van der Waals surface area contributed by atoms with Crippen LogP contribution in [0.4, 0.5) is 0 Å². The van der Waals surface area contributed by atoms with Gasteiger partial charge in [-0.1, -0.05) is 24.0 Å². The van der Waals surface area contributed by atoms with Gasteiger partial charge in [0.25, 0.3) is 0 Å². The molecule has 1 aliphatic heterocycles. The molecule has 1 N–H and O–H groups in total. The lowest BCUT2D eigenvalue weighted by Crippen LogP contribution is -2.36. The summed E-state index contributed by atoms with van der Waals surface area (Å²) in [5.41, 5.74) is 0. The third-order valence-corrected chi connectivity index (χ3v) is 3.85. The maximum absolute atomic E-state index is 11.5. The van der Waals surface area contributed by atoms with E-state index in [1.54, 1.807) is 18.2 Å². The van der Waals surface area contributed by atoms with E-state index in [0.717, 1.165) is 0 Å². The molecule has 0 radical (unpaired) electrons. The summed E-state index contributed by atoms with van der Waals surface area (Å²) in [6.45, 7) is 0.777. The number of hydrogen-bond donors (Lipinski definition) is 1. The summed E-state index contributed by atoms with van der Waals surface area (Å²) in [6, 6.07) is 3.50. The molecule has 2 heterocycles. The smallest absolute Gasteiger partial charge is 0.244 e. The fourth-order valence-electron chi connectivity index (χ4n) is 1.49. The van der Waals surface area contributed by atoms with E-state index in [4.69, 9.17) is 16.6 Å². The molecule has 1 aliphatic rings. The zero-order valence-corrected chi connectivity index (χ0v) is 11.6. The third-order valence-electron chi connectivity index (χ3n) is 2.42. The fourth-order valence-corrected chi connectivity index (χ4v) is 2.61. The van der Waals surface area contributed by atoms with Crippen molar-refractivity contribution >= 4 is 46.2 Å². The van der Waals surface area contributed by atoms with Crippen LogP contribution in [0.25, 0.3) is 6.08 Å². The van der Waals surface area contributed by atoms with E-state index in [1.807, 2.05) is 0 Å². The molecule has 2 amide bonds. The normalized spacial score (nSPS) is 15.5. The van der Waals surface area contributed by atoms with Gasteiger partial charge in [0.1, 0.15) is 10.1 Å². The SMILES string of the molecule is O=C(/C=C/c1ccco1)NCCN1C(=O)CSC1=S. The van der Waals surface area contributed by atoms with Crippen molar-refractivity contribution in [3.63, 3.8) is 0 Å². The van der Waals surface area contributed by atoms with Crippen LogP contribution in [0.2, 0.25) is 0 Å². The second-order valence-corrected chi connectivity index (χ2v) is 5.35. The van der Waals surface area contributed by atoms with E-state index in [9.17, 15) is 9.59 Å². The van der Waals surface area contributed by atoms with Crippen LogP contribution in [-0.2, 0) is 9.59 Å². The molecule has 1 aromatic heterocycles. The van der Waals surface area contributed by atoms with Crippen molar-refractivity contribution in [3.05, 3.63) is 30.2 Å². The van der Waals surface area contributed by atoms with E-state index in [-0.39, 0.29) is 11.8 Å². The Morgan fingerprint density at radius 3 is 3.11 bits per heavy atom. The van der Waals surface area contributed by atoms with Gasteiger partial charge in [-0.05, 0) is 18.2 Å². The molecule has 0 bridgehead atoms. The first-order valence-corrected chi connectivity index (χ1v) is 7.03. The Hall–Kier alpha value is -1.60. The van der Waals surface area contributed by atoms with Crippen molar-refractivity contribution < 1.29 is 14.0 Å². The van der Waals surface area contributed by atoms with Crippen LogP contribution in [0.5, 0.6) is 0 Å². The molecular formula is C12H12N2O3S2. The number of furan rings is 1. The van der Waals surface area contributed by atoms with Gasteiger partial charge in [0, 0.05) is 19.2 Å². The first kappa shape index (κ1) is 13.8. The van der Waals surface area contributed by atoms with Gasteiger partial charge >= 0.3 is 0 Å². The Labute approximate surface area is 120 Å². The molecule has 19 heavy (non-hydrogen) atoms. The molecule has 1 aromatic rings. The number of nitrogens with zero attached hydrogens (tertiary/aromatic N) is 1. The molecule has 0 saturated carbocycles. The second-order valence-electron chi connectivity index (χ2n) is 3.74. The molecule has 5 nitrogen and oxygen atoms in total. The molecule has 100 valence electrons. The van der Waals surface area contributed by atoms with Crippen LogP contribution >= 0.6 is 24.0 Å². The van der Waals surface area contributed by atoms with Crippen molar-refractivity contribution in [3.8, 4) is 0 Å². The van der Waals surface area contributed by atoms with Crippen LogP contribution in [0, 0.1) is 0 Å². The maximum Gasteiger partial charge on any atom is 0.244 e. The van der Waals surface area contributed by atoms with Gasteiger partial charge in [-0.2, -0.15) is 0 Å². The van der Waals surface area contributed by atoms with E-state index < -0.39 is 0 Å². The van der Waals surface area contributed by atoms with Gasteiger partial charge in [-0.15, -0.1) is 0 Å². The topological polar surface area (TPSA) is 62.6 Å². The highest BCUT2D eigenvalue weighted by atomic mass is 32.2. The maximum atomic E-state index is 11.5. The van der Waals surface area contributed by atoms with Crippen molar-refractivity contribution in [2.45, 2.75) is 0 Å². The van der Waals surface area contributed by atoms with E-state index in [0.29, 0.717) is 28.9 Å². The second kappa shape index (κ2) is 6.53. The van der Waals surface area contributed by atoms with Crippen LogP contribution in [-0.4, -0.2) is 39.9 Å². The summed E-state index contributed by atoms with van der Waals surface area (Å²) in [5, 5.41) is 2.68. The van der Waals surface area contributed by atoms with E-state index in [2.05, 4.69) is 5.32 Å². The van der Waals surface area contributed by atoms with Crippen LogP contribution in [0.3, 0.4) is 0 Å². The lowest BCUT2D eigenvalue weighted by molar-refractivity contribution is -0.124. The van der Waals surface area contributed by atoms with Crippen molar-refractivity contribution in [1.82, 2.24) is 10.2 Å². The molecule has 0 spiro atoms. The summed E-state index contributed by atoms with van der Waals surface area (Å²) in [4.78, 5) is 24.4. The minimum absolute atomic E-state index is 0.00428. The number of rotatable bonds is 5. The number of hydrogen-bond acceptors (Lipinski definition) is 5. The molecular weight excluding hydrogens is 284 g/mol. The van der Waals surface area contributed by atoms with Crippen molar-refractivity contribution in [1.29, 1.82) is 0 Å². The number of carbonyl (C=O) groups excluding carboxylic acids is 2. The number of thioether (sulfide) groups is 1. The van der Waals surface area contributed by atoms with Gasteiger partial charge in [0.2, 0.25) is 11.8 Å².